The van der Waals surface area contributed by atoms with E-state index in [0.717, 1.165) is 16.5 Å². The Kier molecular flexibility index (Phi) is 4.23. The number of benzene rings is 1. The second-order valence-electron chi connectivity index (χ2n) is 7.73. The molecule has 0 saturated carbocycles. The minimum Gasteiger partial charge on any atom is -0.458 e. The maximum atomic E-state index is 14.2. The average molecular weight is 410 g/mol. The first-order chi connectivity index (χ1) is 14.4. The number of aliphatic hydroxyl groups is 2. The summed E-state index contributed by atoms with van der Waals surface area (Å²) in [6.07, 6.45) is -0.453. The van der Waals surface area contributed by atoms with E-state index in [0.29, 0.717) is 35.3 Å². The molecule has 0 saturated heterocycles. The molecule has 8 heteroatoms. The molecule has 0 spiro atoms. The summed E-state index contributed by atoms with van der Waals surface area (Å²) in [7, 11) is 0. The Morgan fingerprint density at radius 1 is 1.27 bits per heavy atom. The third-order valence-electron chi connectivity index (χ3n) is 5.94. The van der Waals surface area contributed by atoms with Gasteiger partial charge in [-0.15, -0.1) is 0 Å². The number of aliphatic hydroxyl groups excluding tert-OH is 2. The number of fused-ring (bicyclic) bond motifs is 5. The Balaban J connectivity index is 1.80. The number of esters is 1. The zero-order valence-corrected chi connectivity index (χ0v) is 16.2. The summed E-state index contributed by atoms with van der Waals surface area (Å²) in [5.74, 6) is -1.17. The summed E-state index contributed by atoms with van der Waals surface area (Å²) in [6, 6.07) is 4.73. The zero-order valence-electron chi connectivity index (χ0n) is 16.2. The van der Waals surface area contributed by atoms with Gasteiger partial charge < -0.3 is 19.5 Å². The first kappa shape index (κ1) is 18.9. The first-order valence-corrected chi connectivity index (χ1v) is 9.75. The molecule has 0 fully saturated rings. The van der Waals surface area contributed by atoms with Gasteiger partial charge in [0, 0.05) is 29.2 Å². The molecule has 0 aliphatic carbocycles. The molecule has 154 valence electrons. The highest BCUT2D eigenvalue weighted by molar-refractivity contribution is 5.89. The van der Waals surface area contributed by atoms with E-state index in [1.54, 1.807) is 23.6 Å². The Bertz CT molecular complexity index is 1300. The first-order valence-electron chi connectivity index (χ1n) is 9.75. The minimum absolute atomic E-state index is 0.00556. The number of hydrogen-bond acceptors (Lipinski definition) is 6. The molecule has 0 unspecified atom stereocenters. The van der Waals surface area contributed by atoms with Crippen molar-refractivity contribution >= 4 is 16.9 Å². The molecule has 4 heterocycles. The highest BCUT2D eigenvalue weighted by atomic mass is 19.1. The second kappa shape index (κ2) is 6.72. The van der Waals surface area contributed by atoms with Gasteiger partial charge in [0.25, 0.3) is 5.56 Å². The van der Waals surface area contributed by atoms with Gasteiger partial charge in [0.2, 0.25) is 0 Å². The molecule has 0 amide bonds. The van der Waals surface area contributed by atoms with E-state index in [2.05, 4.69) is 4.98 Å². The van der Waals surface area contributed by atoms with Gasteiger partial charge in [-0.1, -0.05) is 0 Å². The third-order valence-corrected chi connectivity index (χ3v) is 5.94. The maximum Gasteiger partial charge on any atom is 0.340 e. The molecule has 1 aromatic carbocycles. The fourth-order valence-corrected chi connectivity index (χ4v) is 4.38. The summed E-state index contributed by atoms with van der Waals surface area (Å²) < 4.78 is 20.7. The Hall–Kier alpha value is -3.10. The normalized spacial score (nSPS) is 16.9. The molecule has 2 aliphatic rings. The van der Waals surface area contributed by atoms with Crippen LogP contribution in [0.2, 0.25) is 0 Å². The third kappa shape index (κ3) is 2.60. The second-order valence-corrected chi connectivity index (χ2v) is 7.73. The van der Waals surface area contributed by atoms with Crippen LogP contribution in [0, 0.1) is 12.7 Å². The average Bonchev–Trinajstić information content (AvgIpc) is 3.08. The van der Waals surface area contributed by atoms with Gasteiger partial charge in [0.1, 0.15) is 12.4 Å². The molecule has 3 aromatic rings. The van der Waals surface area contributed by atoms with Gasteiger partial charge in [-0.05, 0) is 43.0 Å². The number of hydrogen-bond donors (Lipinski definition) is 2. The zero-order chi connectivity index (χ0) is 21.2. The fraction of sp³-hybridized carbons (Fsp3) is 0.318. The molecule has 1 atom stereocenters. The number of rotatable bonds is 3. The van der Waals surface area contributed by atoms with Crippen LogP contribution in [0.4, 0.5) is 4.39 Å². The van der Waals surface area contributed by atoms with E-state index < -0.39 is 12.1 Å². The number of cyclic esters (lactones) is 1. The number of pyridine rings is 2. The number of halogens is 1. The lowest BCUT2D eigenvalue weighted by Gasteiger charge is -2.21. The van der Waals surface area contributed by atoms with Gasteiger partial charge in [-0.3, -0.25) is 4.79 Å². The lowest BCUT2D eigenvalue weighted by molar-refractivity contribution is -0.157. The minimum atomic E-state index is -1.52. The summed E-state index contributed by atoms with van der Waals surface area (Å²) in [5.41, 5.74) is 3.86. The quantitative estimate of drug-likeness (QED) is 0.500. The van der Waals surface area contributed by atoms with Crippen molar-refractivity contribution in [3.8, 4) is 11.4 Å². The van der Waals surface area contributed by atoms with E-state index in [-0.39, 0.29) is 42.3 Å². The van der Waals surface area contributed by atoms with Crippen LogP contribution in [0.25, 0.3) is 22.3 Å². The van der Waals surface area contributed by atoms with Crippen LogP contribution in [0.5, 0.6) is 0 Å². The summed E-state index contributed by atoms with van der Waals surface area (Å²) >= 11 is 0. The van der Waals surface area contributed by atoms with Crippen molar-refractivity contribution in [2.45, 2.75) is 39.0 Å². The van der Waals surface area contributed by atoms with Crippen molar-refractivity contribution in [2.24, 2.45) is 0 Å². The van der Waals surface area contributed by atoms with Gasteiger partial charge in [0.15, 0.2) is 6.10 Å². The van der Waals surface area contributed by atoms with Crippen LogP contribution >= 0.6 is 0 Å². The molecule has 2 N–H and O–H groups in total. The smallest absolute Gasteiger partial charge is 0.340 e. The molecule has 2 aromatic heterocycles. The van der Waals surface area contributed by atoms with Crippen LogP contribution < -0.4 is 5.56 Å². The molecular weight excluding hydrogens is 391 g/mol. The lowest BCUT2D eigenvalue weighted by atomic mass is 9.95. The van der Waals surface area contributed by atoms with Crippen molar-refractivity contribution in [1.82, 2.24) is 9.55 Å². The van der Waals surface area contributed by atoms with Gasteiger partial charge in [-0.2, -0.15) is 0 Å². The van der Waals surface area contributed by atoms with E-state index in [1.165, 1.54) is 6.07 Å². The maximum absolute atomic E-state index is 14.2. The molecule has 0 radical (unpaired) electrons. The number of ether oxygens (including phenoxy) is 1. The monoisotopic (exact) mass is 410 g/mol. The fourth-order valence-electron chi connectivity index (χ4n) is 4.38. The van der Waals surface area contributed by atoms with Gasteiger partial charge in [0.05, 0.1) is 29.0 Å². The molecular formula is C22H19FN2O5. The highest BCUT2D eigenvalue weighted by Crippen LogP contribution is 2.38. The van der Waals surface area contributed by atoms with E-state index in [4.69, 9.17) is 4.74 Å². The Labute approximate surface area is 170 Å². The number of carbonyl (C=O) groups excluding carboxylic acids is 1. The Morgan fingerprint density at radius 3 is 2.83 bits per heavy atom. The number of aromatic nitrogens is 2. The van der Waals surface area contributed by atoms with Gasteiger partial charge >= 0.3 is 5.97 Å². The molecule has 5 rings (SSSR count). The Morgan fingerprint density at radius 2 is 2.07 bits per heavy atom. The number of nitrogens with zero attached hydrogens (tertiary/aromatic N) is 2. The van der Waals surface area contributed by atoms with Crippen LogP contribution in [0.15, 0.2) is 23.0 Å². The van der Waals surface area contributed by atoms with Crippen LogP contribution in [0.1, 0.15) is 40.3 Å². The van der Waals surface area contributed by atoms with Crippen molar-refractivity contribution < 1.29 is 24.1 Å². The summed E-state index contributed by atoms with van der Waals surface area (Å²) in [5, 5.41) is 20.4. The molecule has 7 nitrogen and oxygen atoms in total. The lowest BCUT2D eigenvalue weighted by Crippen LogP contribution is -2.32. The number of carbonyl (C=O) groups is 1. The SMILES string of the molecule is Cc1cc2c(CCCO)c3c(nc2cc1F)-c1cc2c(c(=O)n1C3)COC(=O)[C@H]2O. The molecule has 0 bridgehead atoms. The van der Waals surface area contributed by atoms with Crippen molar-refractivity contribution in [1.29, 1.82) is 0 Å². The van der Waals surface area contributed by atoms with Crippen molar-refractivity contribution in [2.75, 3.05) is 6.61 Å². The van der Waals surface area contributed by atoms with E-state index >= 15 is 0 Å². The number of aryl methyl sites for hydroxylation is 2. The molecule has 2 aliphatic heterocycles. The molecule has 30 heavy (non-hydrogen) atoms. The highest BCUT2D eigenvalue weighted by Gasteiger charge is 2.34. The van der Waals surface area contributed by atoms with Crippen LogP contribution in [-0.4, -0.2) is 32.3 Å². The summed E-state index contributed by atoms with van der Waals surface area (Å²) in [6.45, 7) is 1.79. The van der Waals surface area contributed by atoms with E-state index in [1.807, 2.05) is 0 Å². The summed E-state index contributed by atoms with van der Waals surface area (Å²) in [4.78, 5) is 29.5. The predicted molar refractivity (Wildman–Crippen MR) is 105 cm³/mol. The standard InChI is InChI=1S/C22H19FN2O5/c1-10-5-12-11(3-2-4-26)14-8-25-18(19(14)24-17(12)7-16(10)23)6-13-15(21(25)28)9-30-22(29)20(13)27/h5-7,20,26-27H,2-4,8-9H2,1H3/t20-/m0/s1. The van der Waals surface area contributed by atoms with E-state index in [9.17, 15) is 24.2 Å². The topological polar surface area (TPSA) is 102 Å². The van der Waals surface area contributed by atoms with Crippen molar-refractivity contribution in [3.63, 3.8) is 0 Å². The predicted octanol–water partition coefficient (Wildman–Crippen LogP) is 1.89. The van der Waals surface area contributed by atoms with Gasteiger partial charge in [-0.25, -0.2) is 14.2 Å². The van der Waals surface area contributed by atoms with Crippen LogP contribution in [-0.2, 0) is 29.1 Å². The van der Waals surface area contributed by atoms with Crippen molar-refractivity contribution in [3.05, 3.63) is 62.2 Å². The largest absolute Gasteiger partial charge is 0.458 e. The van der Waals surface area contributed by atoms with Crippen LogP contribution in [0.3, 0.4) is 0 Å².